The molecule has 5 heteroatoms. The summed E-state index contributed by atoms with van der Waals surface area (Å²) in [6.45, 7) is 3.39. The topological polar surface area (TPSA) is 24.8 Å². The van der Waals surface area contributed by atoms with E-state index in [0.29, 0.717) is 10.4 Å². The molecule has 0 saturated carbocycles. The van der Waals surface area contributed by atoms with Gasteiger partial charge in [-0.1, -0.05) is 72.3 Å². The van der Waals surface area contributed by atoms with Crippen LogP contribution in [0, 0.1) is 0 Å². The zero-order chi connectivity index (χ0) is 18.6. The van der Waals surface area contributed by atoms with Gasteiger partial charge in [0.15, 0.2) is 0 Å². The lowest BCUT2D eigenvalue weighted by molar-refractivity contribution is -0.929. The standard InChI is InChI=1S/C22H21ClN2OS/c23-20-12-11-19(27-20)22(26)25-15-13-24(14-16-25)21(17-7-3-1-4-8-17)18-9-5-2-6-10-18/h1-12,21H,13-16H2/p+1. The van der Waals surface area contributed by atoms with Crippen molar-refractivity contribution in [2.24, 2.45) is 0 Å². The Bertz CT molecular complexity index is 849. The number of benzene rings is 2. The molecule has 1 amide bonds. The Kier molecular flexibility index (Phi) is 5.58. The van der Waals surface area contributed by atoms with Gasteiger partial charge in [0.2, 0.25) is 0 Å². The summed E-state index contributed by atoms with van der Waals surface area (Å²) < 4.78 is 0.663. The van der Waals surface area contributed by atoms with Crippen LogP contribution in [0.15, 0.2) is 72.8 Å². The van der Waals surface area contributed by atoms with Gasteiger partial charge in [0.05, 0.1) is 35.4 Å². The lowest BCUT2D eigenvalue weighted by Gasteiger charge is -2.37. The molecule has 1 N–H and O–H groups in total. The summed E-state index contributed by atoms with van der Waals surface area (Å²) in [6, 6.07) is 25.3. The maximum Gasteiger partial charge on any atom is 0.264 e. The molecular weight excluding hydrogens is 376 g/mol. The van der Waals surface area contributed by atoms with Crippen molar-refractivity contribution < 1.29 is 9.69 Å². The second kappa shape index (κ2) is 8.26. The lowest BCUT2D eigenvalue weighted by Crippen LogP contribution is -3.15. The molecule has 2 heterocycles. The first-order valence-corrected chi connectivity index (χ1v) is 10.4. The lowest BCUT2D eigenvalue weighted by atomic mass is 9.96. The van der Waals surface area contributed by atoms with E-state index >= 15 is 0 Å². The number of piperazine rings is 1. The minimum Gasteiger partial charge on any atom is -0.327 e. The summed E-state index contributed by atoms with van der Waals surface area (Å²) in [5.74, 6) is 0.0990. The van der Waals surface area contributed by atoms with Crippen LogP contribution in [0.3, 0.4) is 0 Å². The molecular formula is C22H22ClN2OS+. The first-order valence-electron chi connectivity index (χ1n) is 9.21. The third-order valence-electron chi connectivity index (χ3n) is 5.15. The van der Waals surface area contributed by atoms with E-state index in [4.69, 9.17) is 11.6 Å². The van der Waals surface area contributed by atoms with Crippen molar-refractivity contribution in [1.82, 2.24) is 4.90 Å². The van der Waals surface area contributed by atoms with Crippen LogP contribution in [0.1, 0.15) is 26.8 Å². The van der Waals surface area contributed by atoms with Crippen molar-refractivity contribution in [3.05, 3.63) is 93.1 Å². The average Bonchev–Trinajstić information content (AvgIpc) is 3.16. The van der Waals surface area contributed by atoms with Crippen LogP contribution in [-0.4, -0.2) is 37.0 Å². The highest BCUT2D eigenvalue weighted by Crippen LogP contribution is 2.23. The number of nitrogens with zero attached hydrogens (tertiary/aromatic N) is 1. The Morgan fingerprint density at radius 2 is 1.44 bits per heavy atom. The van der Waals surface area contributed by atoms with Gasteiger partial charge in [-0.25, -0.2) is 0 Å². The van der Waals surface area contributed by atoms with Gasteiger partial charge in [0.25, 0.3) is 5.91 Å². The summed E-state index contributed by atoms with van der Waals surface area (Å²) in [5, 5.41) is 0. The number of nitrogens with one attached hydrogen (secondary N) is 1. The van der Waals surface area contributed by atoms with Gasteiger partial charge in [0.1, 0.15) is 6.04 Å². The molecule has 0 atom stereocenters. The zero-order valence-electron chi connectivity index (χ0n) is 15.0. The van der Waals surface area contributed by atoms with E-state index in [9.17, 15) is 4.79 Å². The van der Waals surface area contributed by atoms with Crippen molar-refractivity contribution in [2.45, 2.75) is 6.04 Å². The zero-order valence-corrected chi connectivity index (χ0v) is 16.5. The summed E-state index contributed by atoms with van der Waals surface area (Å²) >= 11 is 7.35. The van der Waals surface area contributed by atoms with E-state index in [0.717, 1.165) is 31.1 Å². The summed E-state index contributed by atoms with van der Waals surface area (Å²) in [5.41, 5.74) is 2.65. The van der Waals surface area contributed by atoms with Gasteiger partial charge < -0.3 is 9.80 Å². The van der Waals surface area contributed by atoms with Crippen LogP contribution >= 0.6 is 22.9 Å². The first kappa shape index (κ1) is 18.2. The third-order valence-corrected chi connectivity index (χ3v) is 6.37. The van der Waals surface area contributed by atoms with E-state index in [1.54, 1.807) is 6.07 Å². The van der Waals surface area contributed by atoms with Gasteiger partial charge in [-0.05, 0) is 12.1 Å². The molecule has 1 fully saturated rings. The number of carbonyl (C=O) groups is 1. The van der Waals surface area contributed by atoms with Crippen molar-refractivity contribution in [1.29, 1.82) is 0 Å². The smallest absolute Gasteiger partial charge is 0.264 e. The van der Waals surface area contributed by atoms with Crippen LogP contribution in [0.5, 0.6) is 0 Å². The minimum atomic E-state index is 0.0990. The van der Waals surface area contributed by atoms with Crippen LogP contribution in [0.2, 0.25) is 4.34 Å². The number of amides is 1. The second-order valence-corrected chi connectivity index (χ2v) is 8.52. The molecule has 0 spiro atoms. The molecule has 0 radical (unpaired) electrons. The molecule has 3 nitrogen and oxygen atoms in total. The SMILES string of the molecule is O=C(c1ccc(Cl)s1)N1CC[NH+](C(c2ccccc2)c2ccccc2)CC1. The number of rotatable bonds is 4. The molecule has 0 aliphatic carbocycles. The second-order valence-electron chi connectivity index (χ2n) is 6.81. The van der Waals surface area contributed by atoms with E-state index in [2.05, 4.69) is 60.7 Å². The molecule has 138 valence electrons. The van der Waals surface area contributed by atoms with E-state index < -0.39 is 0 Å². The van der Waals surface area contributed by atoms with Crippen LogP contribution in [0.25, 0.3) is 0 Å². The third kappa shape index (κ3) is 4.08. The molecule has 0 unspecified atom stereocenters. The Morgan fingerprint density at radius 1 is 0.889 bits per heavy atom. The maximum absolute atomic E-state index is 12.7. The fraction of sp³-hybridized carbons (Fsp3) is 0.227. The van der Waals surface area contributed by atoms with Gasteiger partial charge in [-0.15, -0.1) is 11.3 Å². The number of hydrogen-bond donors (Lipinski definition) is 1. The highest BCUT2D eigenvalue weighted by atomic mass is 35.5. The Morgan fingerprint density at radius 3 is 1.93 bits per heavy atom. The van der Waals surface area contributed by atoms with Crippen LogP contribution in [0.4, 0.5) is 0 Å². The highest BCUT2D eigenvalue weighted by Gasteiger charge is 2.32. The van der Waals surface area contributed by atoms with Crippen molar-refractivity contribution in [3.63, 3.8) is 0 Å². The molecule has 4 rings (SSSR count). The maximum atomic E-state index is 12.7. The Labute approximate surface area is 168 Å². The van der Waals surface area contributed by atoms with Crippen molar-refractivity contribution in [2.75, 3.05) is 26.2 Å². The summed E-state index contributed by atoms with van der Waals surface area (Å²) in [7, 11) is 0. The number of quaternary nitrogens is 1. The van der Waals surface area contributed by atoms with Gasteiger partial charge in [-0.2, -0.15) is 0 Å². The number of hydrogen-bond acceptors (Lipinski definition) is 2. The van der Waals surface area contributed by atoms with E-state index in [1.807, 2.05) is 11.0 Å². The molecule has 0 bridgehead atoms. The molecule has 1 saturated heterocycles. The predicted octanol–water partition coefficient (Wildman–Crippen LogP) is 3.53. The summed E-state index contributed by atoms with van der Waals surface area (Å²) in [6.07, 6.45) is 0. The monoisotopic (exact) mass is 397 g/mol. The predicted molar refractivity (Wildman–Crippen MR) is 111 cm³/mol. The fourth-order valence-electron chi connectivity index (χ4n) is 3.83. The van der Waals surface area contributed by atoms with Crippen LogP contribution < -0.4 is 4.90 Å². The van der Waals surface area contributed by atoms with E-state index in [-0.39, 0.29) is 5.91 Å². The Hall–Kier alpha value is -2.14. The number of halogens is 1. The van der Waals surface area contributed by atoms with Gasteiger partial charge in [0, 0.05) is 11.1 Å². The first-order chi connectivity index (χ1) is 13.2. The molecule has 2 aromatic carbocycles. The average molecular weight is 398 g/mol. The molecule has 1 aliphatic rings. The normalized spacial score (nSPS) is 15.3. The van der Waals surface area contributed by atoms with Crippen molar-refractivity contribution >= 4 is 28.8 Å². The molecule has 27 heavy (non-hydrogen) atoms. The van der Waals surface area contributed by atoms with Gasteiger partial charge >= 0.3 is 0 Å². The largest absolute Gasteiger partial charge is 0.327 e. The number of carbonyl (C=O) groups excluding carboxylic acids is 1. The van der Waals surface area contributed by atoms with Crippen LogP contribution in [-0.2, 0) is 0 Å². The van der Waals surface area contributed by atoms with E-state index in [1.165, 1.54) is 27.4 Å². The Balaban J connectivity index is 1.51. The minimum absolute atomic E-state index is 0.0990. The summed E-state index contributed by atoms with van der Waals surface area (Å²) in [4.78, 5) is 16.9. The molecule has 1 aromatic heterocycles. The highest BCUT2D eigenvalue weighted by molar-refractivity contribution is 7.17. The van der Waals surface area contributed by atoms with Crippen molar-refractivity contribution in [3.8, 4) is 0 Å². The quantitative estimate of drug-likeness (QED) is 0.715. The van der Waals surface area contributed by atoms with Gasteiger partial charge in [-0.3, -0.25) is 4.79 Å². The number of thiophene rings is 1. The molecule has 3 aromatic rings. The fourth-order valence-corrected chi connectivity index (χ4v) is 4.84. The molecule has 1 aliphatic heterocycles.